The van der Waals surface area contributed by atoms with Crippen LogP contribution in [0.5, 0.6) is 0 Å². The van der Waals surface area contributed by atoms with Crippen LogP contribution in [0.15, 0.2) is 34.5 Å². The normalized spacial score (nSPS) is 15.3. The van der Waals surface area contributed by atoms with E-state index in [2.05, 4.69) is 29.5 Å². The smallest absolute Gasteiger partial charge is 0.263 e. The maximum absolute atomic E-state index is 12.4. The van der Waals surface area contributed by atoms with E-state index < -0.39 is 0 Å². The van der Waals surface area contributed by atoms with Gasteiger partial charge in [0.1, 0.15) is 11.1 Å². The van der Waals surface area contributed by atoms with Crippen LogP contribution in [0.1, 0.15) is 39.8 Å². The molecular formula is C17H21N3O3S. The molecule has 1 aliphatic carbocycles. The highest BCUT2D eigenvalue weighted by molar-refractivity contribution is 7.12. The molecule has 2 aromatic heterocycles. The van der Waals surface area contributed by atoms with Crippen LogP contribution in [-0.2, 0) is 0 Å². The van der Waals surface area contributed by atoms with Crippen molar-refractivity contribution in [3.8, 4) is 0 Å². The van der Waals surface area contributed by atoms with E-state index in [0.717, 1.165) is 0 Å². The van der Waals surface area contributed by atoms with Crippen LogP contribution in [0.2, 0.25) is 0 Å². The third kappa shape index (κ3) is 3.85. The van der Waals surface area contributed by atoms with Gasteiger partial charge < -0.3 is 15.1 Å². The molecule has 2 N–H and O–H groups in total. The van der Waals surface area contributed by atoms with E-state index in [1.165, 1.54) is 36.7 Å². The highest BCUT2D eigenvalue weighted by atomic mass is 32.1. The number of hydrogen-bond donors (Lipinski definition) is 2. The van der Waals surface area contributed by atoms with Crippen molar-refractivity contribution in [2.24, 2.45) is 0 Å². The highest BCUT2D eigenvalue weighted by Crippen LogP contribution is 2.27. The number of rotatable bonds is 7. The quantitative estimate of drug-likeness (QED) is 0.808. The topological polar surface area (TPSA) is 74.6 Å². The number of nitrogens with one attached hydrogen (secondary N) is 2. The fraction of sp³-hybridized carbons (Fsp3) is 0.412. The molecule has 0 spiro atoms. The van der Waals surface area contributed by atoms with Crippen molar-refractivity contribution in [1.82, 2.24) is 10.2 Å². The lowest BCUT2D eigenvalue weighted by Gasteiger charge is -2.24. The van der Waals surface area contributed by atoms with Gasteiger partial charge in [0.25, 0.3) is 11.8 Å². The second-order valence-electron chi connectivity index (χ2n) is 6.09. The number of furan rings is 1. The minimum absolute atomic E-state index is 0.163. The Morgan fingerprint density at radius 3 is 2.83 bits per heavy atom. The molecule has 0 saturated heterocycles. The molecule has 7 heteroatoms. The second kappa shape index (κ2) is 7.19. The summed E-state index contributed by atoms with van der Waals surface area (Å²) >= 11 is 1.31. The molecule has 24 heavy (non-hydrogen) atoms. The van der Waals surface area contributed by atoms with Gasteiger partial charge in [-0.25, -0.2) is 0 Å². The monoisotopic (exact) mass is 347 g/mol. The van der Waals surface area contributed by atoms with Gasteiger partial charge in [-0.2, -0.15) is 0 Å². The Hall–Kier alpha value is -2.12. The number of anilines is 1. The summed E-state index contributed by atoms with van der Waals surface area (Å²) in [6.45, 7) is 2.69. The molecule has 1 atom stereocenters. The third-order valence-electron chi connectivity index (χ3n) is 4.28. The molecule has 2 heterocycles. The minimum atomic E-state index is -0.293. The zero-order valence-corrected chi connectivity index (χ0v) is 14.6. The maximum atomic E-state index is 12.4. The first-order valence-corrected chi connectivity index (χ1v) is 8.85. The van der Waals surface area contributed by atoms with Crippen LogP contribution in [0.3, 0.4) is 0 Å². The standard InChI is InChI=1S/C17H21N3O3S/c1-11(20(2)13-3-4-13)9-18-17(22)15-14(6-8-24-15)19-16(21)12-5-7-23-10-12/h5-8,10-11,13H,3-4,9H2,1-2H3,(H,18,22)(H,19,21). The van der Waals surface area contributed by atoms with Gasteiger partial charge in [0.05, 0.1) is 17.5 Å². The van der Waals surface area contributed by atoms with Crippen LogP contribution in [0.4, 0.5) is 5.69 Å². The van der Waals surface area contributed by atoms with Gasteiger partial charge in [-0.05, 0) is 44.3 Å². The van der Waals surface area contributed by atoms with Gasteiger partial charge in [-0.15, -0.1) is 11.3 Å². The van der Waals surface area contributed by atoms with Gasteiger partial charge in [-0.3, -0.25) is 14.5 Å². The summed E-state index contributed by atoms with van der Waals surface area (Å²) in [6.07, 6.45) is 5.29. The van der Waals surface area contributed by atoms with Crippen molar-refractivity contribution in [2.75, 3.05) is 18.9 Å². The van der Waals surface area contributed by atoms with Crippen molar-refractivity contribution < 1.29 is 14.0 Å². The zero-order valence-electron chi connectivity index (χ0n) is 13.7. The summed E-state index contributed by atoms with van der Waals surface area (Å²) in [5, 5.41) is 7.50. The first-order valence-electron chi connectivity index (χ1n) is 7.97. The van der Waals surface area contributed by atoms with Crippen LogP contribution in [0.25, 0.3) is 0 Å². The molecule has 0 aliphatic heterocycles. The molecule has 1 aliphatic rings. The van der Waals surface area contributed by atoms with E-state index in [9.17, 15) is 9.59 Å². The summed E-state index contributed by atoms with van der Waals surface area (Å²) in [7, 11) is 2.09. The summed E-state index contributed by atoms with van der Waals surface area (Å²) in [5.41, 5.74) is 0.944. The van der Waals surface area contributed by atoms with E-state index in [1.54, 1.807) is 17.5 Å². The largest absolute Gasteiger partial charge is 0.472 e. The Morgan fingerprint density at radius 2 is 2.17 bits per heavy atom. The summed E-state index contributed by atoms with van der Waals surface area (Å²) in [4.78, 5) is 27.3. The van der Waals surface area contributed by atoms with Crippen LogP contribution < -0.4 is 10.6 Å². The summed E-state index contributed by atoms with van der Waals surface area (Å²) < 4.78 is 4.90. The average molecular weight is 347 g/mol. The van der Waals surface area contributed by atoms with E-state index in [0.29, 0.717) is 28.7 Å². The molecule has 1 unspecified atom stereocenters. The number of thiophene rings is 1. The third-order valence-corrected chi connectivity index (χ3v) is 5.19. The minimum Gasteiger partial charge on any atom is -0.472 e. The fourth-order valence-corrected chi connectivity index (χ4v) is 3.24. The molecule has 0 bridgehead atoms. The second-order valence-corrected chi connectivity index (χ2v) is 7.00. The molecule has 2 amide bonds. The van der Waals surface area contributed by atoms with Crippen LogP contribution >= 0.6 is 11.3 Å². The number of likely N-dealkylation sites (N-methyl/N-ethyl adjacent to an activating group) is 1. The molecule has 1 saturated carbocycles. The molecule has 0 aromatic carbocycles. The lowest BCUT2D eigenvalue weighted by atomic mass is 10.2. The van der Waals surface area contributed by atoms with E-state index in [4.69, 9.17) is 4.42 Å². The molecular weight excluding hydrogens is 326 g/mol. The van der Waals surface area contributed by atoms with E-state index in [1.807, 2.05) is 0 Å². The predicted molar refractivity (Wildman–Crippen MR) is 93.6 cm³/mol. The van der Waals surface area contributed by atoms with Crippen molar-refractivity contribution in [3.05, 3.63) is 40.5 Å². The van der Waals surface area contributed by atoms with Crippen molar-refractivity contribution in [2.45, 2.75) is 31.8 Å². The number of carbonyl (C=O) groups excluding carboxylic acids is 2. The van der Waals surface area contributed by atoms with Crippen molar-refractivity contribution in [3.63, 3.8) is 0 Å². The lowest BCUT2D eigenvalue weighted by Crippen LogP contribution is -2.41. The molecule has 0 radical (unpaired) electrons. The van der Waals surface area contributed by atoms with E-state index >= 15 is 0 Å². The molecule has 3 rings (SSSR count). The van der Waals surface area contributed by atoms with Crippen molar-refractivity contribution in [1.29, 1.82) is 0 Å². The van der Waals surface area contributed by atoms with Crippen LogP contribution in [-0.4, -0.2) is 42.4 Å². The van der Waals surface area contributed by atoms with E-state index in [-0.39, 0.29) is 17.9 Å². The maximum Gasteiger partial charge on any atom is 0.263 e. The first kappa shape index (κ1) is 16.7. The highest BCUT2D eigenvalue weighted by Gasteiger charge is 2.29. The molecule has 6 nitrogen and oxygen atoms in total. The number of nitrogens with zero attached hydrogens (tertiary/aromatic N) is 1. The van der Waals surface area contributed by atoms with Gasteiger partial charge in [-0.1, -0.05) is 0 Å². The Bertz CT molecular complexity index is 706. The summed E-state index contributed by atoms with van der Waals surface area (Å²) in [5.74, 6) is -0.457. The summed E-state index contributed by atoms with van der Waals surface area (Å²) in [6, 6.07) is 4.25. The number of carbonyl (C=O) groups is 2. The molecule has 128 valence electrons. The SMILES string of the molecule is CC(CNC(=O)c1sccc1NC(=O)c1ccoc1)N(C)C1CC1. The van der Waals surface area contributed by atoms with Gasteiger partial charge in [0, 0.05) is 18.6 Å². The zero-order chi connectivity index (χ0) is 17.1. The molecule has 1 fully saturated rings. The van der Waals surface area contributed by atoms with Gasteiger partial charge in [0.2, 0.25) is 0 Å². The molecule has 2 aromatic rings. The Morgan fingerprint density at radius 1 is 1.38 bits per heavy atom. The predicted octanol–water partition coefficient (Wildman–Crippen LogP) is 2.81. The lowest BCUT2D eigenvalue weighted by molar-refractivity contribution is 0.0944. The van der Waals surface area contributed by atoms with Gasteiger partial charge in [0.15, 0.2) is 0 Å². The fourth-order valence-electron chi connectivity index (χ4n) is 2.48. The van der Waals surface area contributed by atoms with Gasteiger partial charge >= 0.3 is 0 Å². The average Bonchev–Trinajstić information content (AvgIpc) is 3.08. The Kier molecular flexibility index (Phi) is 5.01. The Balaban J connectivity index is 1.57. The van der Waals surface area contributed by atoms with Crippen LogP contribution in [0, 0.1) is 0 Å². The first-order chi connectivity index (χ1) is 11.6. The Labute approximate surface area is 144 Å². The van der Waals surface area contributed by atoms with Crippen molar-refractivity contribution >= 4 is 28.8 Å². The number of hydrogen-bond acceptors (Lipinski definition) is 5. The number of amides is 2.